The number of methoxy groups -OCH3 is 3. The van der Waals surface area contributed by atoms with Gasteiger partial charge in [-0.1, -0.05) is 5.16 Å². The maximum Gasteiger partial charge on any atom is 0.257 e. The standard InChI is InChI=1S/C21H21N3O5/c1-26-16-6-4-13(5-7-16)21-22-20(23-29-21)14-8-19(25)24(12-14)15-9-17(27-2)11-18(10-15)28-3/h4-7,9-11,14H,8,12H2,1-3H3. The predicted molar refractivity (Wildman–Crippen MR) is 106 cm³/mol. The van der Waals surface area contributed by atoms with Gasteiger partial charge in [0.15, 0.2) is 5.82 Å². The molecule has 0 aliphatic carbocycles. The molecule has 4 rings (SSSR count). The Kier molecular flexibility index (Phi) is 5.07. The zero-order valence-corrected chi connectivity index (χ0v) is 16.4. The molecule has 1 aliphatic rings. The molecule has 0 bridgehead atoms. The van der Waals surface area contributed by atoms with Crippen LogP contribution in [0.5, 0.6) is 17.2 Å². The Hall–Kier alpha value is -3.55. The highest BCUT2D eigenvalue weighted by Gasteiger charge is 2.35. The van der Waals surface area contributed by atoms with Gasteiger partial charge in [-0.15, -0.1) is 0 Å². The lowest BCUT2D eigenvalue weighted by atomic mass is 10.1. The number of nitrogens with zero attached hydrogens (tertiary/aromatic N) is 3. The quantitative estimate of drug-likeness (QED) is 0.633. The molecule has 1 aliphatic heterocycles. The van der Waals surface area contributed by atoms with Crippen molar-refractivity contribution in [1.29, 1.82) is 0 Å². The Balaban J connectivity index is 1.55. The van der Waals surface area contributed by atoms with Gasteiger partial charge in [0, 0.05) is 42.6 Å². The summed E-state index contributed by atoms with van der Waals surface area (Å²) in [5, 5.41) is 4.10. The summed E-state index contributed by atoms with van der Waals surface area (Å²) in [6, 6.07) is 12.7. The number of amides is 1. The first kappa shape index (κ1) is 18.8. The average molecular weight is 395 g/mol. The molecule has 0 saturated carbocycles. The summed E-state index contributed by atoms with van der Waals surface area (Å²) in [4.78, 5) is 18.8. The van der Waals surface area contributed by atoms with Crippen LogP contribution < -0.4 is 19.1 Å². The van der Waals surface area contributed by atoms with Crippen LogP contribution in [0.2, 0.25) is 0 Å². The summed E-state index contributed by atoms with van der Waals surface area (Å²) in [6.45, 7) is 0.455. The highest BCUT2D eigenvalue weighted by molar-refractivity contribution is 5.96. The molecule has 1 amide bonds. The van der Waals surface area contributed by atoms with Crippen molar-refractivity contribution in [3.63, 3.8) is 0 Å². The molecule has 0 radical (unpaired) electrons. The Morgan fingerprint density at radius 2 is 1.62 bits per heavy atom. The lowest BCUT2D eigenvalue weighted by Gasteiger charge is -2.18. The van der Waals surface area contributed by atoms with Crippen LogP contribution in [0.1, 0.15) is 18.2 Å². The average Bonchev–Trinajstić information content (AvgIpc) is 3.40. The second-order valence-electron chi connectivity index (χ2n) is 6.66. The van der Waals surface area contributed by atoms with E-state index in [4.69, 9.17) is 18.7 Å². The van der Waals surface area contributed by atoms with E-state index in [0.717, 1.165) is 11.3 Å². The van der Waals surface area contributed by atoms with Gasteiger partial charge in [0.05, 0.1) is 27.0 Å². The van der Waals surface area contributed by atoms with Crippen LogP contribution >= 0.6 is 0 Å². The third-order valence-corrected chi connectivity index (χ3v) is 4.92. The van der Waals surface area contributed by atoms with E-state index in [9.17, 15) is 4.79 Å². The fourth-order valence-corrected chi connectivity index (χ4v) is 3.33. The minimum absolute atomic E-state index is 0.0129. The number of aromatic nitrogens is 2. The van der Waals surface area contributed by atoms with Crippen molar-refractivity contribution in [2.45, 2.75) is 12.3 Å². The fourth-order valence-electron chi connectivity index (χ4n) is 3.33. The molecular weight excluding hydrogens is 374 g/mol. The van der Waals surface area contributed by atoms with E-state index in [1.165, 1.54) is 0 Å². The van der Waals surface area contributed by atoms with Crippen molar-refractivity contribution in [2.24, 2.45) is 0 Å². The Morgan fingerprint density at radius 1 is 0.966 bits per heavy atom. The minimum atomic E-state index is -0.157. The monoisotopic (exact) mass is 395 g/mol. The Morgan fingerprint density at radius 3 is 2.24 bits per heavy atom. The second kappa shape index (κ2) is 7.83. The molecule has 29 heavy (non-hydrogen) atoms. The maximum atomic E-state index is 12.6. The van der Waals surface area contributed by atoms with Crippen LogP contribution in [0.4, 0.5) is 5.69 Å². The highest BCUT2D eigenvalue weighted by Crippen LogP contribution is 2.35. The van der Waals surface area contributed by atoms with Crippen LogP contribution in [0, 0.1) is 0 Å². The Labute approximate surface area is 168 Å². The smallest absolute Gasteiger partial charge is 0.257 e. The largest absolute Gasteiger partial charge is 0.497 e. The van der Waals surface area contributed by atoms with Crippen LogP contribution in [-0.4, -0.2) is 43.9 Å². The van der Waals surface area contributed by atoms with Crippen molar-refractivity contribution in [1.82, 2.24) is 10.1 Å². The van der Waals surface area contributed by atoms with Crippen molar-refractivity contribution in [2.75, 3.05) is 32.8 Å². The molecule has 150 valence electrons. The number of carbonyl (C=O) groups excluding carboxylic acids is 1. The van der Waals surface area contributed by atoms with E-state index in [1.807, 2.05) is 36.4 Å². The van der Waals surface area contributed by atoms with Gasteiger partial charge >= 0.3 is 0 Å². The van der Waals surface area contributed by atoms with Gasteiger partial charge in [-0.25, -0.2) is 0 Å². The number of hydrogen-bond acceptors (Lipinski definition) is 7. The molecule has 8 nitrogen and oxygen atoms in total. The summed E-state index contributed by atoms with van der Waals surface area (Å²) < 4.78 is 21.2. The zero-order valence-electron chi connectivity index (χ0n) is 16.4. The number of anilines is 1. The minimum Gasteiger partial charge on any atom is -0.497 e. The summed E-state index contributed by atoms with van der Waals surface area (Å²) in [5.74, 6) is 2.75. The Bertz CT molecular complexity index is 993. The number of rotatable bonds is 6. The van der Waals surface area contributed by atoms with Gasteiger partial charge in [-0.3, -0.25) is 4.79 Å². The SMILES string of the molecule is COc1ccc(-c2nc(C3CC(=O)N(c4cc(OC)cc(OC)c4)C3)no2)cc1. The number of carbonyl (C=O) groups is 1. The van der Waals surface area contributed by atoms with E-state index >= 15 is 0 Å². The first-order chi connectivity index (χ1) is 14.1. The summed E-state index contributed by atoms with van der Waals surface area (Å²) in [6.07, 6.45) is 0.307. The van der Waals surface area contributed by atoms with Gasteiger partial charge < -0.3 is 23.6 Å². The molecule has 2 aromatic carbocycles. The fraction of sp³-hybridized carbons (Fsp3) is 0.286. The van der Waals surface area contributed by atoms with Crippen LogP contribution in [0.15, 0.2) is 47.0 Å². The normalized spacial score (nSPS) is 16.2. The maximum absolute atomic E-state index is 12.6. The number of benzene rings is 2. The van der Waals surface area contributed by atoms with E-state index in [-0.39, 0.29) is 11.8 Å². The molecule has 8 heteroatoms. The molecule has 1 unspecified atom stereocenters. The molecule has 2 heterocycles. The molecule has 3 aromatic rings. The van der Waals surface area contributed by atoms with Crippen molar-refractivity contribution < 1.29 is 23.5 Å². The highest BCUT2D eigenvalue weighted by atomic mass is 16.5. The molecule has 1 aromatic heterocycles. The third kappa shape index (κ3) is 3.73. The van der Waals surface area contributed by atoms with E-state index in [0.29, 0.717) is 41.9 Å². The number of ether oxygens (including phenoxy) is 3. The van der Waals surface area contributed by atoms with Crippen LogP contribution in [0.25, 0.3) is 11.5 Å². The van der Waals surface area contributed by atoms with Gasteiger partial charge in [-0.2, -0.15) is 4.98 Å². The number of hydrogen-bond donors (Lipinski definition) is 0. The van der Waals surface area contributed by atoms with E-state index < -0.39 is 0 Å². The van der Waals surface area contributed by atoms with Crippen molar-refractivity contribution in [3.05, 3.63) is 48.3 Å². The lowest BCUT2D eigenvalue weighted by Crippen LogP contribution is -2.24. The van der Waals surface area contributed by atoms with Crippen molar-refractivity contribution >= 4 is 11.6 Å². The van der Waals surface area contributed by atoms with Gasteiger partial charge in [-0.05, 0) is 24.3 Å². The van der Waals surface area contributed by atoms with Crippen LogP contribution in [-0.2, 0) is 4.79 Å². The molecule has 1 saturated heterocycles. The molecule has 1 fully saturated rings. The first-order valence-electron chi connectivity index (χ1n) is 9.12. The molecule has 1 atom stereocenters. The molecule has 0 N–H and O–H groups in total. The first-order valence-corrected chi connectivity index (χ1v) is 9.12. The second-order valence-corrected chi connectivity index (χ2v) is 6.66. The lowest BCUT2D eigenvalue weighted by molar-refractivity contribution is -0.117. The molecule has 0 spiro atoms. The zero-order chi connectivity index (χ0) is 20.4. The van der Waals surface area contributed by atoms with E-state index in [1.54, 1.807) is 32.3 Å². The van der Waals surface area contributed by atoms with Gasteiger partial charge in [0.25, 0.3) is 5.89 Å². The summed E-state index contributed by atoms with van der Waals surface area (Å²) >= 11 is 0. The predicted octanol–water partition coefficient (Wildman–Crippen LogP) is 3.28. The van der Waals surface area contributed by atoms with Gasteiger partial charge in [0.2, 0.25) is 5.91 Å². The topological polar surface area (TPSA) is 86.9 Å². The van der Waals surface area contributed by atoms with E-state index in [2.05, 4.69) is 10.1 Å². The van der Waals surface area contributed by atoms with Crippen molar-refractivity contribution in [3.8, 4) is 28.7 Å². The molecular formula is C21H21N3O5. The van der Waals surface area contributed by atoms with Gasteiger partial charge in [0.1, 0.15) is 17.2 Å². The summed E-state index contributed by atoms with van der Waals surface area (Å²) in [5.41, 5.74) is 1.51. The van der Waals surface area contributed by atoms with Crippen LogP contribution in [0.3, 0.4) is 0 Å². The summed E-state index contributed by atoms with van der Waals surface area (Å²) in [7, 11) is 4.76. The third-order valence-electron chi connectivity index (χ3n) is 4.92.